The molecule has 1 aromatic heterocycles. The lowest BCUT2D eigenvalue weighted by Crippen LogP contribution is -2.78. The zero-order valence-electron chi connectivity index (χ0n) is 22.1. The quantitative estimate of drug-likeness (QED) is 0.270. The highest BCUT2D eigenvalue weighted by molar-refractivity contribution is 6.45. The molecule has 5 N–H and O–H groups in total. The maximum atomic E-state index is 13.5. The van der Waals surface area contributed by atoms with Crippen molar-refractivity contribution in [2.75, 3.05) is 0 Å². The molecule has 4 heterocycles. The van der Waals surface area contributed by atoms with Crippen LogP contribution in [0, 0.1) is 16.7 Å². The maximum Gasteiger partial charge on any atom is 0.457 e. The molecule has 10 atom stereocenters. The predicted octanol–water partition coefficient (Wildman–Crippen LogP) is 0.316. The number of ketones is 1. The van der Waals surface area contributed by atoms with Crippen molar-refractivity contribution in [3.8, 4) is 0 Å². The van der Waals surface area contributed by atoms with Crippen molar-refractivity contribution in [2.45, 2.75) is 106 Å². The first-order valence-corrected chi connectivity index (χ1v) is 13.4. The zero-order chi connectivity index (χ0) is 27.5. The van der Waals surface area contributed by atoms with Crippen molar-refractivity contribution in [3.05, 3.63) is 24.0 Å². The van der Waals surface area contributed by atoms with E-state index in [2.05, 4.69) is 4.98 Å². The molecular weight excluding hydrogens is 497 g/mol. The number of aromatic nitrogens is 1. The molecule has 12 heteroatoms. The second-order valence-electron chi connectivity index (χ2n) is 12.8. The summed E-state index contributed by atoms with van der Waals surface area (Å²) in [5, 5.41) is 50.1. The van der Waals surface area contributed by atoms with Crippen LogP contribution >= 0.6 is 0 Å². The number of carbonyl (C=O) groups excluding carboxylic acids is 2. The summed E-state index contributed by atoms with van der Waals surface area (Å²) in [6, 6.07) is 3.16. The Morgan fingerprint density at radius 3 is 2.55 bits per heavy atom. The third-order valence-electron chi connectivity index (χ3n) is 11.7. The minimum atomic E-state index is -2.41. The van der Waals surface area contributed by atoms with Gasteiger partial charge in [0.05, 0.1) is 11.0 Å². The number of esters is 1. The SMILES string of the molecule is CCB1O[C@]23CCC(=O)[C@@H](O)[C@@]24O[C@@]2(O)C[C@]3(C)[C@]3(O1)[C@H](OC(=O)c1ccc[nH]1)[C@](O)(C(C)C)[C@]2(C)[C@@]34O. The van der Waals surface area contributed by atoms with Crippen LogP contribution in [0.4, 0.5) is 0 Å². The minimum absolute atomic E-state index is 0.0407. The highest BCUT2D eigenvalue weighted by atomic mass is 16.7. The Bertz CT molecular complexity index is 1270. The van der Waals surface area contributed by atoms with E-state index in [0.29, 0.717) is 6.32 Å². The molecule has 8 rings (SSSR count). The Hall–Kier alpha value is -1.80. The van der Waals surface area contributed by atoms with Gasteiger partial charge >= 0.3 is 13.1 Å². The van der Waals surface area contributed by atoms with Crippen LogP contribution in [0.5, 0.6) is 0 Å². The smallest absolute Gasteiger partial charge is 0.451 e. The first-order valence-electron chi connectivity index (χ1n) is 13.4. The molecule has 3 saturated heterocycles. The van der Waals surface area contributed by atoms with Gasteiger partial charge in [-0.3, -0.25) is 4.79 Å². The van der Waals surface area contributed by atoms with Crippen LogP contribution in [0.2, 0.25) is 6.32 Å². The second-order valence-corrected chi connectivity index (χ2v) is 12.8. The molecule has 3 spiro atoms. The highest BCUT2D eigenvalue weighted by Gasteiger charge is 3.12. The van der Waals surface area contributed by atoms with E-state index in [4.69, 9.17) is 18.8 Å². The van der Waals surface area contributed by atoms with E-state index in [1.54, 1.807) is 33.0 Å². The van der Waals surface area contributed by atoms with Gasteiger partial charge in [0.25, 0.3) is 0 Å². The topological polar surface area (TPSA) is 168 Å². The van der Waals surface area contributed by atoms with Crippen molar-refractivity contribution in [3.63, 3.8) is 0 Å². The number of hydrogen-bond donors (Lipinski definition) is 5. The summed E-state index contributed by atoms with van der Waals surface area (Å²) >= 11 is 0. The van der Waals surface area contributed by atoms with Crippen molar-refractivity contribution >= 4 is 18.9 Å². The number of ether oxygens (including phenoxy) is 2. The van der Waals surface area contributed by atoms with Gasteiger partial charge in [0.2, 0.25) is 0 Å². The third kappa shape index (κ3) is 1.84. The second kappa shape index (κ2) is 6.57. The molecule has 4 saturated carbocycles. The Morgan fingerprint density at radius 2 is 1.95 bits per heavy atom. The summed E-state index contributed by atoms with van der Waals surface area (Å²) in [6.07, 6.45) is -1.62. The van der Waals surface area contributed by atoms with Gasteiger partial charge in [0.15, 0.2) is 23.3 Å². The van der Waals surface area contributed by atoms with Crippen molar-refractivity contribution < 1.29 is 48.8 Å². The molecule has 1 aromatic rings. The number of aliphatic hydroxyl groups excluding tert-OH is 1. The molecular formula is C26H34BNO10. The Labute approximate surface area is 219 Å². The lowest BCUT2D eigenvalue weighted by Gasteiger charge is -2.65. The van der Waals surface area contributed by atoms with Gasteiger partial charge in [0, 0.05) is 24.5 Å². The molecule has 0 aromatic carbocycles. The minimum Gasteiger partial charge on any atom is -0.451 e. The van der Waals surface area contributed by atoms with Gasteiger partial charge in [-0.15, -0.1) is 0 Å². The van der Waals surface area contributed by atoms with Gasteiger partial charge in [0.1, 0.15) is 28.6 Å². The van der Waals surface area contributed by atoms with Crippen LogP contribution < -0.4 is 0 Å². The first-order chi connectivity index (χ1) is 17.7. The molecule has 4 aliphatic carbocycles. The van der Waals surface area contributed by atoms with Crippen LogP contribution in [0.3, 0.4) is 0 Å². The van der Waals surface area contributed by atoms with Crippen molar-refractivity contribution in [2.24, 2.45) is 16.7 Å². The van der Waals surface area contributed by atoms with Crippen LogP contribution in [0.15, 0.2) is 18.3 Å². The molecule has 7 fully saturated rings. The Morgan fingerprint density at radius 1 is 1.24 bits per heavy atom. The molecule has 7 aliphatic rings. The highest BCUT2D eigenvalue weighted by Crippen LogP contribution is 2.92. The van der Waals surface area contributed by atoms with Gasteiger partial charge in [-0.2, -0.15) is 0 Å². The number of carbonyl (C=O) groups is 2. The largest absolute Gasteiger partial charge is 0.457 e. The number of hydrogen-bond acceptors (Lipinski definition) is 10. The first kappa shape index (κ1) is 25.2. The number of aliphatic hydroxyl groups is 4. The number of aromatic amines is 1. The summed E-state index contributed by atoms with van der Waals surface area (Å²) in [7, 11) is -0.935. The fourth-order valence-corrected chi connectivity index (χ4v) is 10.3. The van der Waals surface area contributed by atoms with Gasteiger partial charge in [-0.25, -0.2) is 4.79 Å². The van der Waals surface area contributed by atoms with E-state index in [1.807, 2.05) is 6.92 Å². The average molecular weight is 531 g/mol. The van der Waals surface area contributed by atoms with E-state index in [0.717, 1.165) is 0 Å². The van der Waals surface area contributed by atoms with E-state index in [-0.39, 0.29) is 25.0 Å². The van der Waals surface area contributed by atoms with E-state index in [9.17, 15) is 30.0 Å². The van der Waals surface area contributed by atoms with Crippen LogP contribution in [-0.4, -0.2) is 90.3 Å². The van der Waals surface area contributed by atoms with E-state index in [1.165, 1.54) is 13.0 Å². The van der Waals surface area contributed by atoms with E-state index < -0.39 is 81.6 Å². The summed E-state index contributed by atoms with van der Waals surface area (Å²) in [4.78, 5) is 29.5. The van der Waals surface area contributed by atoms with Crippen molar-refractivity contribution in [1.29, 1.82) is 0 Å². The van der Waals surface area contributed by atoms with Gasteiger partial charge in [-0.05, 0) is 37.7 Å². The summed E-state index contributed by atoms with van der Waals surface area (Å²) < 4.78 is 25.9. The number of rotatable bonds is 4. The number of Topliss-reactive ketones (excluding diaryl/α,β-unsaturated/α-hetero) is 1. The average Bonchev–Trinajstić information content (AvgIpc) is 3.47. The molecule has 7 bridgehead atoms. The zero-order valence-corrected chi connectivity index (χ0v) is 22.1. The lowest BCUT2D eigenvalue weighted by atomic mass is 9.51. The maximum absolute atomic E-state index is 13.5. The molecule has 206 valence electrons. The van der Waals surface area contributed by atoms with Crippen LogP contribution in [0.1, 0.15) is 64.4 Å². The van der Waals surface area contributed by atoms with Crippen LogP contribution in [0.25, 0.3) is 0 Å². The fourth-order valence-electron chi connectivity index (χ4n) is 10.3. The van der Waals surface area contributed by atoms with Crippen molar-refractivity contribution in [1.82, 2.24) is 4.98 Å². The summed E-state index contributed by atoms with van der Waals surface area (Å²) in [5.41, 5.74) is -13.3. The molecule has 38 heavy (non-hydrogen) atoms. The monoisotopic (exact) mass is 531 g/mol. The summed E-state index contributed by atoms with van der Waals surface area (Å²) in [6.45, 7) is 8.45. The van der Waals surface area contributed by atoms with Gasteiger partial charge < -0.3 is 44.2 Å². The lowest BCUT2D eigenvalue weighted by molar-refractivity contribution is -0.386. The molecule has 0 unspecified atom stereocenters. The fraction of sp³-hybridized carbons (Fsp3) is 0.769. The molecule has 0 radical (unpaired) electrons. The standard InChI is InChI=1S/C26H34BNO10/c1-6-27-37-21-10-9-15(29)16(30)24(21)26(34)20(5)22(32,36-24)12-19(21,4)25(26,38-27)18(23(20,33)13(2)3)35-17(31)14-8-7-11-28-14/h7-8,11,13,16,18,28,30,32-34H,6,9-10,12H2,1-5H3/t16-,18-,19+,20-,21+,22+,23-,24-,25-,26+/m1/s1. The van der Waals surface area contributed by atoms with Gasteiger partial charge in [-0.1, -0.05) is 27.7 Å². The number of H-pyrrole nitrogens is 1. The molecule has 3 aliphatic heterocycles. The normalized spacial score (nSPS) is 55.6. The molecule has 11 nitrogen and oxygen atoms in total. The predicted molar refractivity (Wildman–Crippen MR) is 128 cm³/mol. The third-order valence-corrected chi connectivity index (χ3v) is 11.7. The Kier molecular flexibility index (Phi) is 4.35. The van der Waals surface area contributed by atoms with Crippen LogP contribution in [-0.2, 0) is 23.6 Å². The van der Waals surface area contributed by atoms with E-state index >= 15 is 0 Å². The number of nitrogens with one attached hydrogen (secondary N) is 1. The Balaban J connectivity index is 1.60. The summed E-state index contributed by atoms with van der Waals surface area (Å²) in [5.74, 6) is -4.28. The molecule has 0 amide bonds.